The zero-order chi connectivity index (χ0) is 10.2. The largest absolute Gasteiger partial charge is 2.00 e. The molecule has 0 bridgehead atoms. The second-order valence-corrected chi connectivity index (χ2v) is 2.97. The molecule has 0 radical (unpaired) electrons. The van der Waals surface area contributed by atoms with E-state index >= 15 is 0 Å². The Kier molecular flexibility index (Phi) is 7.58. The molecule has 0 unspecified atom stereocenters. The van der Waals surface area contributed by atoms with Crippen LogP contribution in [0.1, 0.15) is 11.1 Å². The normalized spacial score (nSPS) is 8.00. The quantitative estimate of drug-likeness (QED) is 0.614. The van der Waals surface area contributed by atoms with Crippen LogP contribution in [0, 0.1) is 13.8 Å². The summed E-state index contributed by atoms with van der Waals surface area (Å²) in [4.78, 5) is 0. The molecule has 80 valence electrons. The third-order valence-electron chi connectivity index (χ3n) is 1.69. The van der Waals surface area contributed by atoms with Gasteiger partial charge in [-0.05, 0) is 0 Å². The summed E-state index contributed by atoms with van der Waals surface area (Å²) in [6.07, 6.45) is 0. The summed E-state index contributed by atoms with van der Waals surface area (Å²) in [5, 5.41) is 0. The first-order valence-corrected chi connectivity index (χ1v) is 4.53. The van der Waals surface area contributed by atoms with Gasteiger partial charge in [0.05, 0.1) is 0 Å². The van der Waals surface area contributed by atoms with Crippen LogP contribution >= 0.6 is 0 Å². The van der Waals surface area contributed by atoms with Gasteiger partial charge in [0.1, 0.15) is 0 Å². The Hall–Kier alpha value is -1.13. The van der Waals surface area contributed by atoms with Crippen molar-refractivity contribution in [1.29, 1.82) is 0 Å². The monoisotopic (exact) mass is 377 g/mol. The Morgan fingerprint density at radius 2 is 0.800 bits per heavy atom. The van der Waals surface area contributed by atoms with Crippen molar-refractivity contribution in [2.24, 2.45) is 0 Å². The van der Waals surface area contributed by atoms with Crippen molar-refractivity contribution in [3.05, 3.63) is 85.6 Å². The van der Waals surface area contributed by atoms with Crippen molar-refractivity contribution in [3.63, 3.8) is 0 Å². The topological polar surface area (TPSA) is 0 Å². The summed E-state index contributed by atoms with van der Waals surface area (Å²) in [6, 6.07) is 19.7. The zero-order valence-electron chi connectivity index (χ0n) is 8.50. The summed E-state index contributed by atoms with van der Waals surface area (Å²) in [5.41, 5.74) is 2.14. The van der Waals surface area contributed by atoms with Crippen LogP contribution in [-0.2, 0) is 21.1 Å². The first-order chi connectivity index (χ1) is 6.79. The van der Waals surface area contributed by atoms with Crippen molar-refractivity contribution in [2.45, 2.75) is 0 Å². The molecule has 0 nitrogen and oxygen atoms in total. The summed E-state index contributed by atoms with van der Waals surface area (Å²) >= 11 is 0. The van der Waals surface area contributed by atoms with Gasteiger partial charge < -0.3 is 0 Å². The van der Waals surface area contributed by atoms with Crippen molar-refractivity contribution in [1.82, 2.24) is 0 Å². The molecule has 0 N–H and O–H groups in total. The molecular formula is C14H14Pt. The predicted octanol–water partition coefficient (Wildman–Crippen LogP) is 3.74. The summed E-state index contributed by atoms with van der Waals surface area (Å²) in [7, 11) is 0. The fourth-order valence-electron chi connectivity index (χ4n) is 0.956. The second kappa shape index (κ2) is 8.20. The Bertz CT molecular complexity index is 303. The Balaban J connectivity index is 0.000000245. The van der Waals surface area contributed by atoms with E-state index in [9.17, 15) is 0 Å². The smallest absolute Gasteiger partial charge is 0.199 e. The Morgan fingerprint density at radius 1 is 0.533 bits per heavy atom. The van der Waals surface area contributed by atoms with E-state index in [-0.39, 0.29) is 21.1 Å². The first-order valence-electron chi connectivity index (χ1n) is 4.53. The van der Waals surface area contributed by atoms with Crippen LogP contribution in [0.2, 0.25) is 0 Å². The van der Waals surface area contributed by atoms with Gasteiger partial charge in [-0.25, -0.2) is 0 Å². The van der Waals surface area contributed by atoms with E-state index in [0.717, 1.165) is 11.1 Å². The molecule has 1 heteroatoms. The van der Waals surface area contributed by atoms with Gasteiger partial charge in [-0.15, -0.1) is 24.3 Å². The minimum Gasteiger partial charge on any atom is -0.199 e. The number of rotatable bonds is 0. The van der Waals surface area contributed by atoms with Crippen molar-refractivity contribution >= 4 is 0 Å². The van der Waals surface area contributed by atoms with E-state index < -0.39 is 0 Å². The molecule has 0 aliphatic heterocycles. The Morgan fingerprint density at radius 3 is 0.933 bits per heavy atom. The third kappa shape index (κ3) is 6.88. The molecule has 0 spiro atoms. The maximum absolute atomic E-state index is 3.72. The molecule has 0 heterocycles. The van der Waals surface area contributed by atoms with Crippen molar-refractivity contribution in [2.75, 3.05) is 0 Å². The van der Waals surface area contributed by atoms with Crippen molar-refractivity contribution < 1.29 is 21.1 Å². The Labute approximate surface area is 107 Å². The van der Waals surface area contributed by atoms with Gasteiger partial charge in [0, 0.05) is 0 Å². The molecule has 2 aromatic rings. The number of hydrogen-bond acceptors (Lipinski definition) is 0. The molecule has 0 aliphatic carbocycles. The SMILES string of the molecule is [CH2-]c1ccccc1.[CH2-]c1ccccc1.[Pt+2]. The number of hydrogen-bond donors (Lipinski definition) is 0. The van der Waals surface area contributed by atoms with Crippen LogP contribution in [0.25, 0.3) is 0 Å². The summed E-state index contributed by atoms with van der Waals surface area (Å²) in [5.74, 6) is 0. The molecule has 0 aliphatic rings. The summed E-state index contributed by atoms with van der Waals surface area (Å²) in [6.45, 7) is 7.44. The average molecular weight is 377 g/mol. The molecular weight excluding hydrogens is 363 g/mol. The van der Waals surface area contributed by atoms with Crippen LogP contribution in [0.3, 0.4) is 0 Å². The van der Waals surface area contributed by atoms with Crippen LogP contribution < -0.4 is 0 Å². The molecule has 2 rings (SSSR count). The van der Waals surface area contributed by atoms with Gasteiger partial charge in [-0.3, -0.25) is 0 Å². The third-order valence-corrected chi connectivity index (χ3v) is 1.69. The molecule has 2 aromatic carbocycles. The van der Waals surface area contributed by atoms with Gasteiger partial charge in [-0.2, -0.15) is 49.2 Å². The van der Waals surface area contributed by atoms with Crippen molar-refractivity contribution in [3.8, 4) is 0 Å². The zero-order valence-corrected chi connectivity index (χ0v) is 10.8. The number of benzene rings is 2. The van der Waals surface area contributed by atoms with Crippen LogP contribution in [0.4, 0.5) is 0 Å². The van der Waals surface area contributed by atoms with Crippen LogP contribution in [0.15, 0.2) is 60.7 Å². The fourth-order valence-corrected chi connectivity index (χ4v) is 0.956. The minimum atomic E-state index is 0. The maximum atomic E-state index is 3.72. The minimum absolute atomic E-state index is 0. The molecule has 0 fully saturated rings. The first kappa shape index (κ1) is 13.9. The molecule has 0 saturated heterocycles. The summed E-state index contributed by atoms with van der Waals surface area (Å²) < 4.78 is 0. The van der Waals surface area contributed by atoms with E-state index in [1.807, 2.05) is 60.7 Å². The average Bonchev–Trinajstić information content (AvgIpc) is 2.21. The van der Waals surface area contributed by atoms with Gasteiger partial charge >= 0.3 is 21.1 Å². The van der Waals surface area contributed by atoms with E-state index in [4.69, 9.17) is 0 Å². The standard InChI is InChI=1S/2C7H7.Pt/c2*1-7-5-3-2-4-6-7;/h2*2-6H,1H2;/q2*-1;+2. The van der Waals surface area contributed by atoms with Gasteiger partial charge in [-0.1, -0.05) is 12.1 Å². The van der Waals surface area contributed by atoms with Gasteiger partial charge in [0.2, 0.25) is 0 Å². The molecule has 0 saturated carbocycles. The second-order valence-electron chi connectivity index (χ2n) is 2.97. The van der Waals surface area contributed by atoms with Crippen LogP contribution in [-0.4, -0.2) is 0 Å². The van der Waals surface area contributed by atoms with Crippen LogP contribution in [0.5, 0.6) is 0 Å². The molecule has 15 heavy (non-hydrogen) atoms. The van der Waals surface area contributed by atoms with Gasteiger partial charge in [0.25, 0.3) is 0 Å². The molecule has 0 aromatic heterocycles. The maximum Gasteiger partial charge on any atom is 2.00 e. The molecule has 0 amide bonds. The predicted molar refractivity (Wildman–Crippen MR) is 61.8 cm³/mol. The van der Waals surface area contributed by atoms with Gasteiger partial charge in [0.15, 0.2) is 0 Å². The molecule has 0 atom stereocenters. The van der Waals surface area contributed by atoms with E-state index in [1.54, 1.807) is 0 Å². The van der Waals surface area contributed by atoms with E-state index in [2.05, 4.69) is 13.8 Å². The van der Waals surface area contributed by atoms with E-state index in [1.165, 1.54) is 0 Å². The van der Waals surface area contributed by atoms with E-state index in [0.29, 0.717) is 0 Å². The fraction of sp³-hybridized carbons (Fsp3) is 0.